The van der Waals surface area contributed by atoms with Gasteiger partial charge in [-0.3, -0.25) is 14.6 Å². The average Bonchev–Trinajstić information content (AvgIpc) is 3.57. The van der Waals surface area contributed by atoms with Gasteiger partial charge in [0.15, 0.2) is 23.0 Å². The van der Waals surface area contributed by atoms with E-state index in [0.717, 1.165) is 93.8 Å². The highest BCUT2D eigenvalue weighted by atomic mass is 16.7. The van der Waals surface area contributed by atoms with Crippen LogP contribution < -0.4 is 18.9 Å². The second-order valence-corrected chi connectivity index (χ2v) is 11.7. The lowest BCUT2D eigenvalue weighted by atomic mass is 9.94. The fourth-order valence-electron chi connectivity index (χ4n) is 5.94. The average molecular weight is 648 g/mol. The molecule has 3 heterocycles. The summed E-state index contributed by atoms with van der Waals surface area (Å²) in [6.45, 7) is 7.74. The zero-order valence-corrected chi connectivity index (χ0v) is 26.5. The molecule has 0 saturated carbocycles. The number of piperazine rings is 1. The molecule has 0 radical (unpaired) electrons. The van der Waals surface area contributed by atoms with Gasteiger partial charge in [0.05, 0.1) is 7.11 Å². The Bertz CT molecular complexity index is 1510. The predicted molar refractivity (Wildman–Crippen MR) is 171 cm³/mol. The largest absolute Gasteiger partial charge is 0.493 e. The molecule has 3 aliphatic rings. The summed E-state index contributed by atoms with van der Waals surface area (Å²) in [5, 5.41) is 14.8. The van der Waals surface area contributed by atoms with Crippen LogP contribution in [0.3, 0.4) is 0 Å². The number of likely N-dealkylation sites (tertiary alicyclic amines) is 1. The minimum absolute atomic E-state index is 0.120. The van der Waals surface area contributed by atoms with Crippen LogP contribution in [0, 0.1) is 5.92 Å². The molecule has 2 fully saturated rings. The monoisotopic (exact) mass is 647 g/mol. The first-order chi connectivity index (χ1) is 22.8. The number of methoxy groups -OCH3 is 1. The first kappa shape index (κ1) is 33.6. The molecule has 3 aromatic rings. The van der Waals surface area contributed by atoms with Crippen LogP contribution in [-0.2, 0) is 34.1 Å². The van der Waals surface area contributed by atoms with Gasteiger partial charge in [0.25, 0.3) is 0 Å². The van der Waals surface area contributed by atoms with Crippen LogP contribution in [0.25, 0.3) is 0 Å². The summed E-state index contributed by atoms with van der Waals surface area (Å²) in [6, 6.07) is 22.5. The molecule has 3 aromatic carbocycles. The van der Waals surface area contributed by atoms with Gasteiger partial charge < -0.3 is 34.1 Å². The number of piperidine rings is 1. The Kier molecular flexibility index (Phi) is 11.5. The molecule has 2 saturated heterocycles. The third-order valence-corrected chi connectivity index (χ3v) is 8.52. The minimum atomic E-state index is -1.82. The van der Waals surface area contributed by atoms with E-state index in [9.17, 15) is 4.79 Å². The van der Waals surface area contributed by atoms with Gasteiger partial charge in [0.1, 0.15) is 6.61 Å². The zero-order valence-electron chi connectivity index (χ0n) is 26.5. The lowest BCUT2D eigenvalue weighted by Crippen LogP contribution is -2.51. The number of ether oxygens (including phenoxy) is 4. The number of carboxylic acids is 2. The van der Waals surface area contributed by atoms with Gasteiger partial charge in [-0.1, -0.05) is 42.5 Å². The number of amides is 1. The van der Waals surface area contributed by atoms with E-state index >= 15 is 0 Å². The number of benzene rings is 3. The normalized spacial score (nSPS) is 16.6. The Hall–Kier alpha value is -4.81. The first-order valence-electron chi connectivity index (χ1n) is 15.7. The Balaban J connectivity index is 0.000000662. The van der Waals surface area contributed by atoms with Crippen LogP contribution >= 0.6 is 0 Å². The van der Waals surface area contributed by atoms with Crippen molar-refractivity contribution in [1.82, 2.24) is 14.7 Å². The summed E-state index contributed by atoms with van der Waals surface area (Å²) in [5.74, 6) is -0.0564. The number of hydrogen-bond donors (Lipinski definition) is 2. The van der Waals surface area contributed by atoms with Crippen molar-refractivity contribution in [3.63, 3.8) is 0 Å². The van der Waals surface area contributed by atoms with E-state index in [4.69, 9.17) is 38.7 Å². The number of carbonyl (C=O) groups excluding carboxylic acids is 1. The smallest absolute Gasteiger partial charge is 0.414 e. The van der Waals surface area contributed by atoms with Gasteiger partial charge in [0.2, 0.25) is 12.7 Å². The van der Waals surface area contributed by atoms with Crippen LogP contribution in [0.15, 0.2) is 66.7 Å². The van der Waals surface area contributed by atoms with Crippen molar-refractivity contribution in [2.75, 3.05) is 53.2 Å². The van der Waals surface area contributed by atoms with Crippen molar-refractivity contribution in [2.45, 2.75) is 32.5 Å². The fourth-order valence-corrected chi connectivity index (χ4v) is 5.94. The topological polar surface area (TPSA) is 138 Å². The molecule has 47 heavy (non-hydrogen) atoms. The van der Waals surface area contributed by atoms with Crippen molar-refractivity contribution >= 4 is 17.8 Å². The molecule has 0 unspecified atom stereocenters. The number of hydrogen-bond acceptors (Lipinski definition) is 9. The SMILES string of the molecule is COc1cc(CN2CCC(C(=O)N3CCN(Cc4ccc5c(c4)OCO5)CC3)CC2)ccc1OCc1ccccc1.O=C(O)C(=O)O. The number of fused-ring (bicyclic) bond motifs is 1. The third-order valence-electron chi connectivity index (χ3n) is 8.52. The van der Waals surface area contributed by atoms with Crippen LogP contribution in [0.4, 0.5) is 0 Å². The van der Waals surface area contributed by atoms with E-state index < -0.39 is 11.9 Å². The van der Waals surface area contributed by atoms with Crippen molar-refractivity contribution in [1.29, 1.82) is 0 Å². The lowest BCUT2D eigenvalue weighted by Gasteiger charge is -2.38. The van der Waals surface area contributed by atoms with E-state index in [2.05, 4.69) is 51.1 Å². The minimum Gasteiger partial charge on any atom is -0.493 e. The van der Waals surface area contributed by atoms with E-state index in [1.54, 1.807) is 7.11 Å². The molecule has 6 rings (SSSR count). The molecular formula is C35H41N3O9. The van der Waals surface area contributed by atoms with Gasteiger partial charge in [-0.05, 0) is 66.9 Å². The zero-order chi connectivity index (χ0) is 33.2. The molecule has 2 N–H and O–H groups in total. The second-order valence-electron chi connectivity index (χ2n) is 11.7. The first-order valence-corrected chi connectivity index (χ1v) is 15.7. The highest BCUT2D eigenvalue weighted by Gasteiger charge is 2.30. The molecule has 0 aliphatic carbocycles. The number of rotatable bonds is 9. The van der Waals surface area contributed by atoms with Crippen molar-refractivity contribution in [3.8, 4) is 23.0 Å². The summed E-state index contributed by atoms with van der Waals surface area (Å²) < 4.78 is 22.6. The molecule has 0 aromatic heterocycles. The number of carbonyl (C=O) groups is 3. The van der Waals surface area contributed by atoms with E-state index in [0.29, 0.717) is 19.3 Å². The van der Waals surface area contributed by atoms with Gasteiger partial charge in [-0.15, -0.1) is 0 Å². The Morgan fingerprint density at radius 1 is 0.723 bits per heavy atom. The molecule has 0 bridgehead atoms. The third kappa shape index (κ3) is 9.36. The Labute approximate surface area is 274 Å². The maximum absolute atomic E-state index is 13.3. The summed E-state index contributed by atoms with van der Waals surface area (Å²) >= 11 is 0. The van der Waals surface area contributed by atoms with Crippen molar-refractivity contribution in [2.24, 2.45) is 5.92 Å². The van der Waals surface area contributed by atoms with E-state index in [1.165, 1.54) is 11.1 Å². The Morgan fingerprint density at radius 3 is 2.00 bits per heavy atom. The summed E-state index contributed by atoms with van der Waals surface area (Å²) in [5.41, 5.74) is 3.53. The highest BCUT2D eigenvalue weighted by molar-refractivity contribution is 6.27. The summed E-state index contributed by atoms with van der Waals surface area (Å²) in [7, 11) is 1.68. The highest BCUT2D eigenvalue weighted by Crippen LogP contribution is 2.33. The van der Waals surface area contributed by atoms with Crippen molar-refractivity contribution < 1.29 is 43.5 Å². The molecule has 250 valence electrons. The summed E-state index contributed by atoms with van der Waals surface area (Å²) in [6.07, 6.45) is 1.82. The molecule has 1 amide bonds. The Morgan fingerprint density at radius 2 is 1.34 bits per heavy atom. The lowest BCUT2D eigenvalue weighted by molar-refractivity contribution is -0.159. The quantitative estimate of drug-likeness (QED) is 0.329. The van der Waals surface area contributed by atoms with Crippen LogP contribution in [0.1, 0.15) is 29.5 Å². The van der Waals surface area contributed by atoms with Crippen LogP contribution in [0.2, 0.25) is 0 Å². The van der Waals surface area contributed by atoms with Gasteiger partial charge in [-0.2, -0.15) is 0 Å². The molecule has 12 nitrogen and oxygen atoms in total. The number of aliphatic carboxylic acids is 2. The molecule has 0 spiro atoms. The second kappa shape index (κ2) is 16.1. The van der Waals surface area contributed by atoms with Gasteiger partial charge >= 0.3 is 11.9 Å². The van der Waals surface area contributed by atoms with Crippen molar-refractivity contribution in [3.05, 3.63) is 83.4 Å². The van der Waals surface area contributed by atoms with Gasteiger partial charge in [0, 0.05) is 45.2 Å². The molecule has 12 heteroatoms. The molecular weight excluding hydrogens is 606 g/mol. The number of nitrogens with zero attached hydrogens (tertiary/aromatic N) is 3. The number of carboxylic acid groups (broad SMARTS) is 2. The molecule has 3 aliphatic heterocycles. The maximum Gasteiger partial charge on any atom is 0.414 e. The fraction of sp³-hybridized carbons (Fsp3) is 0.400. The van der Waals surface area contributed by atoms with E-state index in [1.807, 2.05) is 30.3 Å². The predicted octanol–water partition coefficient (Wildman–Crippen LogP) is 3.71. The molecule has 0 atom stereocenters. The van der Waals surface area contributed by atoms with Crippen LogP contribution in [-0.4, -0.2) is 95.9 Å². The maximum atomic E-state index is 13.3. The van der Waals surface area contributed by atoms with Gasteiger partial charge in [-0.25, -0.2) is 9.59 Å². The van der Waals surface area contributed by atoms with E-state index in [-0.39, 0.29) is 5.92 Å². The summed E-state index contributed by atoms with van der Waals surface area (Å²) in [4.78, 5) is 38.5. The van der Waals surface area contributed by atoms with Crippen LogP contribution in [0.5, 0.6) is 23.0 Å². The standard InChI is InChI=1S/C33H39N3O5.C2H2O4/c1-38-31-19-26(7-9-29(31)39-23-25-5-3-2-4-6-25)21-34-13-11-28(12-14-34)33(37)36-17-15-35(16-18-36)22-27-8-10-30-32(20-27)41-24-40-30;3-1(4)2(5)6/h2-10,19-20,28H,11-18,21-24H2,1H3;(H,3,4)(H,5,6).